The molecule has 0 saturated carbocycles. The molecule has 0 saturated heterocycles. The molecule has 0 N–H and O–H groups in total. The maximum absolute atomic E-state index is 10.9. The van der Waals surface area contributed by atoms with E-state index in [1.165, 1.54) is 0 Å². The van der Waals surface area contributed by atoms with Gasteiger partial charge in [-0.15, -0.1) is 0 Å². The lowest BCUT2D eigenvalue weighted by Crippen LogP contribution is -1.58. The third-order valence-corrected chi connectivity index (χ3v) is 0.134. The fourth-order valence-electron chi connectivity index (χ4n) is 0. The molecule has 0 amide bonds. The smallest absolute Gasteiger partial charge is 0.0891 e. The van der Waals surface area contributed by atoms with Crippen LogP contribution in [0.1, 0.15) is 14.7 Å². The van der Waals surface area contributed by atoms with Gasteiger partial charge >= 0.3 is 0 Å². The standard InChI is InChI=1S/C3H7F/c1-2-3-4/h2-3H2,1H3/i1T. The van der Waals surface area contributed by atoms with E-state index in [4.69, 9.17) is 1.37 Å². The molecule has 0 aliphatic heterocycles. The molecule has 0 rings (SSSR count). The zero-order valence-electron chi connectivity index (χ0n) is 3.50. The summed E-state index contributed by atoms with van der Waals surface area (Å²) < 4.78 is 17.2. The summed E-state index contributed by atoms with van der Waals surface area (Å²) in [5.41, 5.74) is 0. The highest BCUT2D eigenvalue weighted by Gasteiger charge is 1.60. The first kappa shape index (κ1) is 2.18. The van der Waals surface area contributed by atoms with Gasteiger partial charge < -0.3 is 0 Å². The number of rotatable bonds is 1. The Bertz CT molecular complexity index is 14.4. The Balaban J connectivity index is 2.19. The van der Waals surface area contributed by atoms with E-state index >= 15 is 0 Å². The molecule has 0 unspecified atom stereocenters. The van der Waals surface area contributed by atoms with Gasteiger partial charge in [0.25, 0.3) is 0 Å². The third kappa shape index (κ3) is 1.93. The van der Waals surface area contributed by atoms with Crippen molar-refractivity contribution in [3.8, 4) is 0 Å². The second-order valence-electron chi connectivity index (χ2n) is 0.543. The van der Waals surface area contributed by atoms with Gasteiger partial charge in [0.1, 0.15) is 0 Å². The minimum Gasteiger partial charge on any atom is -0.251 e. The Morgan fingerprint density at radius 1 is 2.25 bits per heavy atom. The lowest BCUT2D eigenvalue weighted by molar-refractivity contribution is 0.487. The summed E-state index contributed by atoms with van der Waals surface area (Å²) in [6.07, 6.45) is 0.389. The van der Waals surface area contributed by atoms with Crippen LogP contribution in [-0.4, -0.2) is 6.67 Å². The molecule has 26 valence electrons. The molecule has 0 heterocycles. The van der Waals surface area contributed by atoms with Crippen molar-refractivity contribution in [1.29, 1.82) is 0 Å². The second-order valence-corrected chi connectivity index (χ2v) is 0.543. The van der Waals surface area contributed by atoms with Gasteiger partial charge in [0, 0.05) is 1.37 Å². The summed E-state index contributed by atoms with van der Waals surface area (Å²) in [7, 11) is 0. The monoisotopic (exact) mass is 64.1 g/mol. The van der Waals surface area contributed by atoms with Crippen molar-refractivity contribution in [2.24, 2.45) is 0 Å². The average molecular weight is 64.1 g/mol. The molecule has 0 aliphatic rings. The number of halogens is 1. The maximum atomic E-state index is 10.9. The summed E-state index contributed by atoms with van der Waals surface area (Å²) >= 11 is 0. The van der Waals surface area contributed by atoms with E-state index in [1.54, 1.807) is 0 Å². The van der Waals surface area contributed by atoms with E-state index in [-0.39, 0.29) is 13.6 Å². The molecule has 4 heavy (non-hydrogen) atoms. The molecule has 0 fully saturated rings. The lowest BCUT2D eigenvalue weighted by atomic mass is 10.6. The summed E-state index contributed by atoms with van der Waals surface area (Å²) in [6.45, 7) is -0.125. The maximum Gasteiger partial charge on any atom is 0.0891 e. The highest BCUT2D eigenvalue weighted by Crippen LogP contribution is 1.69. The van der Waals surface area contributed by atoms with Gasteiger partial charge in [-0.1, -0.05) is 6.90 Å². The fourth-order valence-corrected chi connectivity index (χ4v) is 0. The van der Waals surface area contributed by atoms with Gasteiger partial charge in [0.15, 0.2) is 0 Å². The van der Waals surface area contributed by atoms with E-state index in [9.17, 15) is 4.39 Å². The number of hydrogen-bond acceptors (Lipinski definition) is 0. The lowest BCUT2D eigenvalue weighted by Gasteiger charge is -1.64. The Morgan fingerprint density at radius 3 is 3.00 bits per heavy atom. The van der Waals surface area contributed by atoms with Crippen LogP contribution in [-0.2, 0) is 0 Å². The molecule has 1 heteroatoms. The zero-order chi connectivity index (χ0) is 4.12. The summed E-state index contributed by atoms with van der Waals surface area (Å²) in [4.78, 5) is 0. The molecule has 0 spiro atoms. The molecule has 0 aromatic carbocycles. The first-order chi connectivity index (χ1) is 2.41. The molecular weight excluding hydrogens is 55.0 g/mol. The van der Waals surface area contributed by atoms with Crippen molar-refractivity contribution in [3.05, 3.63) is 0 Å². The van der Waals surface area contributed by atoms with E-state index in [1.807, 2.05) is 0 Å². The fraction of sp³-hybridized carbons (Fsp3) is 1.00. The Labute approximate surface area is 27.0 Å². The molecule has 0 aromatic heterocycles. The van der Waals surface area contributed by atoms with Crippen LogP contribution in [0, 0.1) is 0 Å². The van der Waals surface area contributed by atoms with E-state index in [0.717, 1.165) is 0 Å². The van der Waals surface area contributed by atoms with Crippen molar-refractivity contribution in [3.63, 3.8) is 0 Å². The van der Waals surface area contributed by atoms with Crippen LogP contribution >= 0.6 is 0 Å². The SMILES string of the molecule is [3H]CCCF. The average Bonchev–Trinajstić information content (AvgIpc) is 1.41. The molecule has 0 nitrogen and oxygen atoms in total. The van der Waals surface area contributed by atoms with Crippen molar-refractivity contribution in [2.45, 2.75) is 13.3 Å². The summed E-state index contributed by atoms with van der Waals surface area (Å²) in [6, 6.07) is 0. The first-order valence-corrected chi connectivity index (χ1v) is 1.27. The Morgan fingerprint density at radius 2 is 3.00 bits per heavy atom. The second kappa shape index (κ2) is 2.93. The third-order valence-electron chi connectivity index (χ3n) is 0.134. The zero-order valence-corrected chi connectivity index (χ0v) is 2.50. The van der Waals surface area contributed by atoms with E-state index in [0.29, 0.717) is 6.42 Å². The quantitative estimate of drug-likeness (QED) is 0.432. The topological polar surface area (TPSA) is 0 Å². The number of hydrogen-bond donors (Lipinski definition) is 0. The Kier molecular flexibility index (Phi) is 1.60. The van der Waals surface area contributed by atoms with Gasteiger partial charge in [0.2, 0.25) is 0 Å². The predicted molar refractivity (Wildman–Crippen MR) is 16.3 cm³/mol. The van der Waals surface area contributed by atoms with Crippen molar-refractivity contribution >= 4 is 0 Å². The molecule has 0 atom stereocenters. The van der Waals surface area contributed by atoms with Gasteiger partial charge in [-0.05, 0) is 6.42 Å². The Hall–Kier alpha value is -0.0700. The van der Waals surface area contributed by atoms with Crippen molar-refractivity contribution < 1.29 is 5.76 Å². The molecule has 0 aliphatic carbocycles. The van der Waals surface area contributed by atoms with Gasteiger partial charge in [-0.2, -0.15) is 0 Å². The van der Waals surface area contributed by atoms with Gasteiger partial charge in [-0.3, -0.25) is 4.39 Å². The summed E-state index contributed by atoms with van der Waals surface area (Å²) in [5.74, 6) is 0. The van der Waals surface area contributed by atoms with Crippen LogP contribution in [0.2, 0.25) is 0 Å². The van der Waals surface area contributed by atoms with Crippen LogP contribution in [0.15, 0.2) is 0 Å². The van der Waals surface area contributed by atoms with Crippen molar-refractivity contribution in [2.75, 3.05) is 6.67 Å². The highest BCUT2D eigenvalue weighted by atomic mass is 19.1. The van der Waals surface area contributed by atoms with E-state index < -0.39 is 0 Å². The van der Waals surface area contributed by atoms with Crippen LogP contribution in [0.25, 0.3) is 0 Å². The minimum atomic E-state index is -0.344. The predicted octanol–water partition coefficient (Wildman–Crippen LogP) is 1.37. The molecule has 0 bridgehead atoms. The van der Waals surface area contributed by atoms with Gasteiger partial charge in [0.05, 0.1) is 6.67 Å². The minimum absolute atomic E-state index is 0.219. The normalized spacial score (nSPS) is 10.8. The van der Waals surface area contributed by atoms with Crippen LogP contribution < -0.4 is 0 Å². The van der Waals surface area contributed by atoms with Crippen LogP contribution in [0.5, 0.6) is 0 Å². The largest absolute Gasteiger partial charge is 0.251 e. The number of alkyl halides is 1. The summed E-state index contributed by atoms with van der Waals surface area (Å²) in [5, 5.41) is 0. The van der Waals surface area contributed by atoms with Gasteiger partial charge in [-0.25, -0.2) is 0 Å². The molecular formula is C3H7F. The van der Waals surface area contributed by atoms with Crippen LogP contribution in [0.4, 0.5) is 4.39 Å². The molecule has 0 radical (unpaired) electrons. The van der Waals surface area contributed by atoms with Crippen LogP contribution in [0.3, 0.4) is 0 Å². The van der Waals surface area contributed by atoms with E-state index in [2.05, 4.69) is 0 Å². The van der Waals surface area contributed by atoms with Crippen molar-refractivity contribution in [1.82, 2.24) is 0 Å². The highest BCUT2D eigenvalue weighted by molar-refractivity contribution is 4.11. The molecule has 0 aromatic rings. The first-order valence-electron chi connectivity index (χ1n) is 1.97.